The third-order valence-electron chi connectivity index (χ3n) is 3.13. The highest BCUT2D eigenvalue weighted by Gasteiger charge is 2.33. The van der Waals surface area contributed by atoms with Gasteiger partial charge in [-0.1, -0.05) is 12.1 Å². The van der Waals surface area contributed by atoms with Gasteiger partial charge in [0.15, 0.2) is 0 Å². The Hall–Kier alpha value is -0.800. The van der Waals surface area contributed by atoms with Gasteiger partial charge in [0, 0.05) is 12.4 Å². The van der Waals surface area contributed by atoms with Crippen molar-refractivity contribution >= 4 is 17.3 Å². The molecule has 1 aliphatic rings. The summed E-state index contributed by atoms with van der Waals surface area (Å²) in [5.41, 5.74) is 1.25. The van der Waals surface area contributed by atoms with Crippen molar-refractivity contribution in [1.29, 1.82) is 0 Å². The zero-order chi connectivity index (χ0) is 12.5. The summed E-state index contributed by atoms with van der Waals surface area (Å²) in [5.74, 6) is 0.110. The highest BCUT2D eigenvalue weighted by Crippen LogP contribution is 2.33. The Balaban J connectivity index is 2.44. The molecule has 2 rings (SSSR count). The molecule has 0 spiro atoms. The van der Waals surface area contributed by atoms with E-state index in [-0.39, 0.29) is 11.4 Å². The summed E-state index contributed by atoms with van der Waals surface area (Å²) in [5, 5.41) is 0. The van der Waals surface area contributed by atoms with Crippen molar-refractivity contribution in [3.05, 3.63) is 29.6 Å². The Morgan fingerprint density at radius 3 is 2.88 bits per heavy atom. The summed E-state index contributed by atoms with van der Waals surface area (Å²) in [4.78, 5) is 2.06. The van der Waals surface area contributed by atoms with Crippen molar-refractivity contribution in [3.63, 3.8) is 0 Å². The fourth-order valence-electron chi connectivity index (χ4n) is 2.24. The number of morpholine rings is 1. The first-order valence-corrected chi connectivity index (χ1v) is 6.28. The van der Waals surface area contributed by atoms with E-state index in [9.17, 15) is 4.39 Å². The van der Waals surface area contributed by atoms with E-state index in [1.165, 1.54) is 6.07 Å². The smallest absolute Gasteiger partial charge is 0.146 e. The lowest BCUT2D eigenvalue weighted by atomic mass is 9.99. The molecule has 1 aliphatic heterocycles. The Bertz CT molecular complexity index is 408. The van der Waals surface area contributed by atoms with Crippen LogP contribution < -0.4 is 4.90 Å². The first kappa shape index (κ1) is 12.7. The van der Waals surface area contributed by atoms with Crippen LogP contribution in [0.1, 0.15) is 19.4 Å². The predicted molar refractivity (Wildman–Crippen MR) is 68.2 cm³/mol. The van der Waals surface area contributed by atoms with Gasteiger partial charge in [0.25, 0.3) is 0 Å². The summed E-state index contributed by atoms with van der Waals surface area (Å²) in [6.45, 7) is 6.02. The number of halogens is 2. The maximum atomic E-state index is 14.0. The second-order valence-corrected chi connectivity index (χ2v) is 5.17. The molecular formula is C13H17ClFNO. The molecule has 1 aromatic rings. The normalized spacial score (nSPS) is 19.4. The molecule has 0 radical (unpaired) electrons. The molecule has 0 aromatic heterocycles. The molecule has 1 heterocycles. The molecule has 4 heteroatoms. The zero-order valence-electron chi connectivity index (χ0n) is 10.2. The molecule has 94 valence electrons. The summed E-state index contributed by atoms with van der Waals surface area (Å²) in [6, 6.07) is 5.05. The van der Waals surface area contributed by atoms with Crippen molar-refractivity contribution in [2.24, 2.45) is 0 Å². The fourth-order valence-corrected chi connectivity index (χ4v) is 2.46. The molecule has 0 atom stereocenters. The average molecular weight is 258 g/mol. The van der Waals surface area contributed by atoms with E-state index in [1.807, 2.05) is 6.07 Å². The van der Waals surface area contributed by atoms with E-state index < -0.39 is 0 Å². The summed E-state index contributed by atoms with van der Waals surface area (Å²) >= 11 is 5.89. The van der Waals surface area contributed by atoms with E-state index in [0.717, 1.165) is 5.56 Å². The van der Waals surface area contributed by atoms with E-state index in [1.54, 1.807) is 6.07 Å². The minimum atomic E-state index is -0.210. The minimum Gasteiger partial charge on any atom is -0.377 e. The molecule has 0 amide bonds. The number of rotatable bonds is 2. The van der Waals surface area contributed by atoms with E-state index in [2.05, 4.69) is 18.7 Å². The lowest BCUT2D eigenvalue weighted by Gasteiger charge is -2.44. The quantitative estimate of drug-likeness (QED) is 0.755. The maximum Gasteiger partial charge on any atom is 0.146 e. The molecule has 0 saturated carbocycles. The Morgan fingerprint density at radius 1 is 1.47 bits per heavy atom. The molecular weight excluding hydrogens is 241 g/mol. The third-order valence-corrected chi connectivity index (χ3v) is 3.42. The van der Waals surface area contributed by atoms with Crippen LogP contribution in [0.25, 0.3) is 0 Å². The maximum absolute atomic E-state index is 14.0. The van der Waals surface area contributed by atoms with Crippen molar-refractivity contribution in [2.45, 2.75) is 25.3 Å². The number of anilines is 1. The number of ether oxygens (including phenoxy) is 1. The number of benzene rings is 1. The van der Waals surface area contributed by atoms with Crippen molar-refractivity contribution < 1.29 is 9.13 Å². The standard InChI is InChI=1S/C13H17ClFNO/c1-13(2)9-17-7-6-16(13)12-10(8-14)4-3-5-11(12)15/h3-5H,6-9H2,1-2H3. The molecule has 1 saturated heterocycles. The molecule has 0 N–H and O–H groups in total. The van der Waals surface area contributed by atoms with Crippen LogP contribution in [-0.4, -0.2) is 25.3 Å². The zero-order valence-corrected chi connectivity index (χ0v) is 10.9. The summed E-state index contributed by atoms with van der Waals surface area (Å²) in [6.07, 6.45) is 0. The van der Waals surface area contributed by atoms with E-state index in [4.69, 9.17) is 16.3 Å². The molecule has 0 unspecified atom stereocenters. The van der Waals surface area contributed by atoms with Crippen LogP contribution in [0.3, 0.4) is 0 Å². The monoisotopic (exact) mass is 257 g/mol. The number of hydrogen-bond acceptors (Lipinski definition) is 2. The molecule has 17 heavy (non-hydrogen) atoms. The molecule has 0 bridgehead atoms. The van der Waals surface area contributed by atoms with Crippen LogP contribution in [0.4, 0.5) is 10.1 Å². The Kier molecular flexibility index (Phi) is 3.59. The van der Waals surface area contributed by atoms with E-state index >= 15 is 0 Å². The fraction of sp³-hybridized carbons (Fsp3) is 0.538. The van der Waals surface area contributed by atoms with Gasteiger partial charge in [0.2, 0.25) is 0 Å². The lowest BCUT2D eigenvalue weighted by molar-refractivity contribution is 0.0639. The Labute approximate surface area is 106 Å². The highest BCUT2D eigenvalue weighted by molar-refractivity contribution is 6.17. The number of nitrogens with zero attached hydrogens (tertiary/aromatic N) is 1. The van der Waals surface area contributed by atoms with Gasteiger partial charge in [-0.2, -0.15) is 0 Å². The van der Waals surface area contributed by atoms with Crippen molar-refractivity contribution in [2.75, 3.05) is 24.7 Å². The topological polar surface area (TPSA) is 12.5 Å². The van der Waals surface area contributed by atoms with Crippen LogP contribution in [-0.2, 0) is 10.6 Å². The first-order chi connectivity index (χ1) is 8.06. The highest BCUT2D eigenvalue weighted by atomic mass is 35.5. The second-order valence-electron chi connectivity index (χ2n) is 4.90. The molecule has 0 aliphatic carbocycles. The lowest BCUT2D eigenvalue weighted by Crippen LogP contribution is -2.53. The number of alkyl halides is 1. The minimum absolute atomic E-state index is 0.207. The molecule has 1 fully saturated rings. The molecule has 2 nitrogen and oxygen atoms in total. The summed E-state index contributed by atoms with van der Waals surface area (Å²) in [7, 11) is 0. The van der Waals surface area contributed by atoms with Gasteiger partial charge in [-0.05, 0) is 25.5 Å². The second kappa shape index (κ2) is 4.83. The van der Waals surface area contributed by atoms with Gasteiger partial charge in [-0.3, -0.25) is 0 Å². The van der Waals surface area contributed by atoms with Gasteiger partial charge >= 0.3 is 0 Å². The van der Waals surface area contributed by atoms with Crippen molar-refractivity contribution in [3.8, 4) is 0 Å². The largest absolute Gasteiger partial charge is 0.377 e. The van der Waals surface area contributed by atoms with Crippen molar-refractivity contribution in [1.82, 2.24) is 0 Å². The average Bonchev–Trinajstić information content (AvgIpc) is 2.29. The van der Waals surface area contributed by atoms with Crippen LogP contribution >= 0.6 is 11.6 Å². The number of hydrogen-bond donors (Lipinski definition) is 0. The van der Waals surface area contributed by atoms with E-state index in [0.29, 0.717) is 31.3 Å². The number of para-hydroxylation sites is 1. The Morgan fingerprint density at radius 2 is 2.24 bits per heavy atom. The summed E-state index contributed by atoms with van der Waals surface area (Å²) < 4.78 is 19.5. The predicted octanol–water partition coefficient (Wildman–Crippen LogP) is 3.18. The molecule has 1 aromatic carbocycles. The van der Waals surface area contributed by atoms with Crippen LogP contribution in [0.5, 0.6) is 0 Å². The van der Waals surface area contributed by atoms with Crippen LogP contribution in [0, 0.1) is 5.82 Å². The SMILES string of the molecule is CC1(C)COCCN1c1c(F)cccc1CCl. The van der Waals surface area contributed by atoms with Crippen LogP contribution in [0.2, 0.25) is 0 Å². The van der Waals surface area contributed by atoms with Gasteiger partial charge in [-0.15, -0.1) is 11.6 Å². The van der Waals surface area contributed by atoms with Gasteiger partial charge in [-0.25, -0.2) is 4.39 Å². The van der Waals surface area contributed by atoms with Crippen LogP contribution in [0.15, 0.2) is 18.2 Å². The third kappa shape index (κ3) is 2.40. The first-order valence-electron chi connectivity index (χ1n) is 5.75. The van der Waals surface area contributed by atoms with Gasteiger partial charge < -0.3 is 9.64 Å². The van der Waals surface area contributed by atoms with Gasteiger partial charge in [0.1, 0.15) is 5.82 Å². The van der Waals surface area contributed by atoms with Gasteiger partial charge in [0.05, 0.1) is 24.4 Å².